The number of aromatic nitrogens is 4. The van der Waals surface area contributed by atoms with Gasteiger partial charge in [0.1, 0.15) is 11.1 Å². The molecule has 0 radical (unpaired) electrons. The Morgan fingerprint density at radius 1 is 0.917 bits per heavy atom. The van der Waals surface area contributed by atoms with Crippen LogP contribution in [0.15, 0.2) is 55.4 Å². The summed E-state index contributed by atoms with van der Waals surface area (Å²) in [7, 11) is 0. The van der Waals surface area contributed by atoms with E-state index in [-0.39, 0.29) is 42.1 Å². The molecule has 0 atom stereocenters. The maximum Gasteiger partial charge on any atom is 1.00 e. The van der Waals surface area contributed by atoms with Crippen molar-refractivity contribution < 1.29 is 43.8 Å². The number of nitrogens with zero attached hydrogens (tertiary/aromatic N) is 4. The molecule has 36 heavy (non-hydrogen) atoms. The summed E-state index contributed by atoms with van der Waals surface area (Å²) in [5.41, 5.74) is 0.982. The third-order valence-corrected chi connectivity index (χ3v) is 5.64. The maximum absolute atomic E-state index is 12.1. The first-order valence-corrected chi connectivity index (χ1v) is 11.8. The molecule has 0 spiro atoms. The number of esters is 1. The molecule has 4 rings (SSSR count). The van der Waals surface area contributed by atoms with Gasteiger partial charge in [0, 0.05) is 10.8 Å². The van der Waals surface area contributed by atoms with Crippen LogP contribution >= 0.6 is 22.7 Å². The number of hydrogen-bond donors (Lipinski definition) is 1. The molecule has 0 aliphatic rings. The fraction of sp³-hybridized carbons (Fsp3) is 0.182. The Labute approximate surface area is 225 Å². The number of ether oxygens (including phenoxy) is 1. The molecule has 4 heterocycles. The van der Waals surface area contributed by atoms with E-state index in [1.807, 2.05) is 5.38 Å². The van der Waals surface area contributed by atoms with Crippen molar-refractivity contribution in [1.29, 1.82) is 0 Å². The van der Waals surface area contributed by atoms with E-state index in [9.17, 15) is 19.2 Å². The van der Waals surface area contributed by atoms with Crippen molar-refractivity contribution in [2.45, 2.75) is 20.8 Å². The molecule has 11 nitrogen and oxygen atoms in total. The summed E-state index contributed by atoms with van der Waals surface area (Å²) in [5, 5.41) is 24.2. The van der Waals surface area contributed by atoms with E-state index >= 15 is 0 Å². The van der Waals surface area contributed by atoms with Crippen LogP contribution in [0.3, 0.4) is 0 Å². The molecule has 14 heteroatoms. The van der Waals surface area contributed by atoms with Gasteiger partial charge in [-0.1, -0.05) is 0 Å². The summed E-state index contributed by atoms with van der Waals surface area (Å²) < 4.78 is 7.19. The quantitative estimate of drug-likeness (QED) is 0.277. The van der Waals surface area contributed by atoms with Crippen LogP contribution in [0.25, 0.3) is 11.4 Å². The fourth-order valence-corrected chi connectivity index (χ4v) is 4.08. The Balaban J connectivity index is 0.000000343. The number of carboxylic acid groups (broad SMARTS) is 1. The largest absolute Gasteiger partial charge is 1.00 e. The minimum absolute atomic E-state index is 0. The van der Waals surface area contributed by atoms with E-state index in [4.69, 9.17) is 9.84 Å². The Morgan fingerprint density at radius 2 is 1.36 bits per heavy atom. The molecular formula is C22H21LiN4O7S2. The van der Waals surface area contributed by atoms with Gasteiger partial charge in [0.15, 0.2) is 0 Å². The van der Waals surface area contributed by atoms with Crippen LogP contribution in [0.2, 0.25) is 0 Å². The number of aryl methyl sites for hydroxylation is 2. The van der Waals surface area contributed by atoms with Gasteiger partial charge in [0.2, 0.25) is 0 Å². The Kier molecular flexibility index (Phi) is 11.7. The second-order valence-electron chi connectivity index (χ2n) is 6.82. The molecule has 184 valence electrons. The van der Waals surface area contributed by atoms with Crippen molar-refractivity contribution in [3.05, 3.63) is 89.0 Å². The second-order valence-corrected chi connectivity index (χ2v) is 8.38. The number of rotatable bonds is 5. The van der Waals surface area contributed by atoms with Gasteiger partial charge in [-0.05, 0) is 55.8 Å². The van der Waals surface area contributed by atoms with E-state index in [0.717, 1.165) is 4.68 Å². The number of carboxylic acids is 1. The van der Waals surface area contributed by atoms with Crippen molar-refractivity contribution in [3.63, 3.8) is 0 Å². The second kappa shape index (κ2) is 13.7. The number of thiophene rings is 2. The fourth-order valence-electron chi connectivity index (χ4n) is 2.85. The standard InChI is InChI=1S/C12H12N2O3S.C10H8N2O3S.Li.H2O/c1-3-17-12(16)10-6-8(2)13-14(11(10)15)9-4-5-18-7-9;1-6-4-8(10(14)15)9(13)12(11-6)7-2-3-16-5-7;;/h4-7H,3H2,1-2H3;2-5H,1H3,(H,14,15);;1H2/q;;+1;/p-1. The van der Waals surface area contributed by atoms with Crippen molar-refractivity contribution in [1.82, 2.24) is 19.6 Å². The van der Waals surface area contributed by atoms with Crippen LogP contribution < -0.4 is 30.0 Å². The molecule has 0 aliphatic carbocycles. The summed E-state index contributed by atoms with van der Waals surface area (Å²) in [4.78, 5) is 46.5. The van der Waals surface area contributed by atoms with Crippen LogP contribution in [0.4, 0.5) is 0 Å². The average Bonchev–Trinajstić information content (AvgIpc) is 3.51. The zero-order chi connectivity index (χ0) is 24.8. The van der Waals surface area contributed by atoms with Gasteiger partial charge in [0.05, 0.1) is 29.4 Å². The van der Waals surface area contributed by atoms with Gasteiger partial charge in [-0.25, -0.2) is 9.59 Å². The SMILES string of the molecule is CCOC(=O)c1cc(C)nn(-c2ccsc2)c1=O.Cc1cc(C(=O)O)c(=O)n(-c2ccsc2)n1.[Li+].[OH-]. The summed E-state index contributed by atoms with van der Waals surface area (Å²) >= 11 is 2.87. The van der Waals surface area contributed by atoms with Crippen LogP contribution in [-0.2, 0) is 4.74 Å². The third-order valence-electron chi connectivity index (χ3n) is 4.29. The van der Waals surface area contributed by atoms with Crippen LogP contribution in [0.5, 0.6) is 0 Å². The Hall–Kier alpha value is -3.34. The minimum atomic E-state index is -1.24. The van der Waals surface area contributed by atoms with Crippen molar-refractivity contribution in [2.24, 2.45) is 0 Å². The first-order valence-electron chi connectivity index (χ1n) is 9.90. The molecule has 0 fully saturated rings. The van der Waals surface area contributed by atoms with E-state index < -0.39 is 23.1 Å². The normalized spacial score (nSPS) is 9.75. The molecule has 0 saturated heterocycles. The summed E-state index contributed by atoms with van der Waals surface area (Å²) in [6.07, 6.45) is 0. The molecule has 4 aromatic rings. The average molecular weight is 525 g/mol. The van der Waals surface area contributed by atoms with Crippen LogP contribution in [-0.4, -0.2) is 48.7 Å². The smallest absolute Gasteiger partial charge is 0.870 e. The van der Waals surface area contributed by atoms with Gasteiger partial charge in [0.25, 0.3) is 11.1 Å². The van der Waals surface area contributed by atoms with Crippen LogP contribution in [0.1, 0.15) is 39.0 Å². The first-order chi connectivity index (χ1) is 16.2. The molecule has 0 bridgehead atoms. The summed E-state index contributed by atoms with van der Waals surface area (Å²) in [5.74, 6) is -1.85. The Morgan fingerprint density at radius 3 is 1.75 bits per heavy atom. The Bertz CT molecular complexity index is 1430. The zero-order valence-corrected chi connectivity index (χ0v) is 21.5. The molecule has 4 aromatic heterocycles. The van der Waals surface area contributed by atoms with Crippen molar-refractivity contribution in [2.75, 3.05) is 6.61 Å². The third kappa shape index (κ3) is 7.09. The van der Waals surface area contributed by atoms with E-state index in [2.05, 4.69) is 10.2 Å². The number of hydrogen-bond acceptors (Lipinski definition) is 10. The van der Waals surface area contributed by atoms with Gasteiger partial charge in [-0.3, -0.25) is 9.59 Å². The van der Waals surface area contributed by atoms with Gasteiger partial charge in [-0.15, -0.1) is 0 Å². The van der Waals surface area contributed by atoms with Gasteiger partial charge >= 0.3 is 30.8 Å². The van der Waals surface area contributed by atoms with Gasteiger partial charge < -0.3 is 15.3 Å². The number of carbonyl (C=O) groups is 2. The van der Waals surface area contributed by atoms with Crippen molar-refractivity contribution in [3.8, 4) is 11.4 Å². The number of carbonyl (C=O) groups excluding carboxylic acids is 1. The number of aromatic carboxylic acids is 1. The predicted molar refractivity (Wildman–Crippen MR) is 130 cm³/mol. The summed E-state index contributed by atoms with van der Waals surface area (Å²) in [6.45, 7) is 5.31. The molecule has 0 aromatic carbocycles. The molecule has 0 saturated carbocycles. The van der Waals surface area contributed by atoms with Crippen molar-refractivity contribution >= 4 is 34.6 Å². The zero-order valence-electron chi connectivity index (χ0n) is 19.9. The minimum Gasteiger partial charge on any atom is -0.870 e. The molecular weight excluding hydrogens is 503 g/mol. The first kappa shape index (κ1) is 30.7. The topological polar surface area (TPSA) is 163 Å². The van der Waals surface area contributed by atoms with E-state index in [1.165, 1.54) is 39.5 Å². The predicted octanol–water partition coefficient (Wildman–Crippen LogP) is -0.0931. The van der Waals surface area contributed by atoms with E-state index in [0.29, 0.717) is 22.8 Å². The van der Waals surface area contributed by atoms with E-state index in [1.54, 1.807) is 49.0 Å². The molecule has 2 N–H and O–H groups in total. The monoisotopic (exact) mass is 524 g/mol. The van der Waals surface area contributed by atoms with Gasteiger partial charge in [-0.2, -0.15) is 42.2 Å². The molecule has 0 aliphatic heterocycles. The molecule has 0 amide bonds. The summed E-state index contributed by atoms with van der Waals surface area (Å²) in [6, 6.07) is 6.20. The maximum atomic E-state index is 12.1. The van der Waals surface area contributed by atoms with Crippen LogP contribution in [0, 0.1) is 13.8 Å². The molecule has 0 unspecified atom stereocenters.